The zero-order valence-electron chi connectivity index (χ0n) is 9.51. The number of carbonyl (C=O) groups is 1. The maximum atomic E-state index is 12.9. The summed E-state index contributed by atoms with van der Waals surface area (Å²) in [6, 6.07) is 6.52. The van der Waals surface area contributed by atoms with Crippen LogP contribution in [0.3, 0.4) is 0 Å². The monoisotopic (exact) mass is 346 g/mol. The highest BCUT2D eigenvalue weighted by Crippen LogP contribution is 2.29. The van der Waals surface area contributed by atoms with Crippen molar-refractivity contribution >= 4 is 37.7 Å². The van der Waals surface area contributed by atoms with Crippen molar-refractivity contribution in [2.45, 2.75) is 11.7 Å². The molecule has 1 aromatic carbocycles. The van der Waals surface area contributed by atoms with E-state index < -0.39 is 21.4 Å². The third-order valence-electron chi connectivity index (χ3n) is 2.81. The average molecular weight is 347 g/mol. The van der Waals surface area contributed by atoms with Gasteiger partial charge in [-0.25, -0.2) is 0 Å². The highest BCUT2D eigenvalue weighted by molar-refractivity contribution is 9.10. The standard InChI is InChI=1S/C11H8BrFN2O3S/c12-8-1-7(5-14)2-9(3-8)15-6-10(4-11(15)16)19(13,17)18/h1-3,10H,4,6H2. The number of nitrogens with zero attached hydrogens (tertiary/aromatic N) is 2. The van der Waals surface area contributed by atoms with Crippen LogP contribution in [0.4, 0.5) is 9.57 Å². The molecule has 1 heterocycles. The molecular weight excluding hydrogens is 339 g/mol. The Labute approximate surface area is 118 Å². The lowest BCUT2D eigenvalue weighted by atomic mass is 10.2. The van der Waals surface area contributed by atoms with Gasteiger partial charge < -0.3 is 4.90 Å². The molecule has 0 N–H and O–H groups in total. The summed E-state index contributed by atoms with van der Waals surface area (Å²) < 4.78 is 35.2. The molecule has 1 amide bonds. The van der Waals surface area contributed by atoms with Gasteiger partial charge in [0.1, 0.15) is 5.25 Å². The van der Waals surface area contributed by atoms with E-state index in [0.717, 1.165) is 0 Å². The first-order valence-electron chi connectivity index (χ1n) is 5.26. The number of carbonyl (C=O) groups excluding carboxylic acids is 1. The lowest BCUT2D eigenvalue weighted by molar-refractivity contribution is -0.117. The van der Waals surface area contributed by atoms with E-state index in [9.17, 15) is 17.1 Å². The van der Waals surface area contributed by atoms with Crippen LogP contribution in [-0.4, -0.2) is 26.1 Å². The zero-order valence-corrected chi connectivity index (χ0v) is 11.9. The van der Waals surface area contributed by atoms with Gasteiger partial charge in [0.05, 0.1) is 11.6 Å². The largest absolute Gasteiger partial charge is 0.311 e. The first-order chi connectivity index (χ1) is 8.81. The molecule has 1 aromatic rings. The number of anilines is 1. The molecule has 0 aromatic heterocycles. The Morgan fingerprint density at radius 1 is 1.42 bits per heavy atom. The summed E-state index contributed by atoms with van der Waals surface area (Å²) in [6.07, 6.45) is -0.382. The Balaban J connectivity index is 2.36. The first-order valence-corrected chi connectivity index (χ1v) is 7.50. The van der Waals surface area contributed by atoms with Crippen LogP contribution in [0.1, 0.15) is 12.0 Å². The smallest absolute Gasteiger partial charge is 0.307 e. The minimum atomic E-state index is -4.74. The lowest BCUT2D eigenvalue weighted by Crippen LogP contribution is -2.26. The van der Waals surface area contributed by atoms with Crippen molar-refractivity contribution in [3.05, 3.63) is 28.2 Å². The minimum Gasteiger partial charge on any atom is -0.311 e. The average Bonchev–Trinajstić information content (AvgIpc) is 2.70. The fraction of sp³-hybridized carbons (Fsp3) is 0.273. The Morgan fingerprint density at radius 3 is 2.63 bits per heavy atom. The van der Waals surface area contributed by atoms with Crippen molar-refractivity contribution in [3.63, 3.8) is 0 Å². The molecule has 8 heteroatoms. The van der Waals surface area contributed by atoms with Gasteiger partial charge in [0.15, 0.2) is 0 Å². The van der Waals surface area contributed by atoms with Gasteiger partial charge in [-0.1, -0.05) is 15.9 Å². The lowest BCUT2D eigenvalue weighted by Gasteiger charge is -2.16. The van der Waals surface area contributed by atoms with Crippen molar-refractivity contribution in [2.24, 2.45) is 0 Å². The number of hydrogen-bond acceptors (Lipinski definition) is 4. The van der Waals surface area contributed by atoms with Crippen molar-refractivity contribution in [3.8, 4) is 6.07 Å². The van der Waals surface area contributed by atoms with Gasteiger partial charge in [-0.3, -0.25) is 4.79 Å². The van der Waals surface area contributed by atoms with Crippen molar-refractivity contribution in [1.82, 2.24) is 0 Å². The summed E-state index contributed by atoms with van der Waals surface area (Å²) in [5, 5.41) is 7.50. The molecule has 2 rings (SSSR count). The number of hydrogen-bond donors (Lipinski definition) is 0. The molecule has 1 aliphatic rings. The van der Waals surface area contributed by atoms with Crippen LogP contribution in [0.5, 0.6) is 0 Å². The number of rotatable bonds is 2. The van der Waals surface area contributed by atoms with Crippen LogP contribution < -0.4 is 4.90 Å². The van der Waals surface area contributed by atoms with Gasteiger partial charge in [-0.2, -0.15) is 13.7 Å². The molecular formula is C11H8BrFN2O3S. The molecule has 1 atom stereocenters. The number of amides is 1. The fourth-order valence-electron chi connectivity index (χ4n) is 1.91. The Kier molecular flexibility index (Phi) is 3.60. The van der Waals surface area contributed by atoms with Crippen LogP contribution in [0.15, 0.2) is 22.7 Å². The molecule has 0 spiro atoms. The van der Waals surface area contributed by atoms with Crippen molar-refractivity contribution in [1.29, 1.82) is 5.26 Å². The molecule has 1 fully saturated rings. The molecule has 1 aliphatic heterocycles. The molecule has 1 saturated heterocycles. The van der Waals surface area contributed by atoms with Crippen LogP contribution in [-0.2, 0) is 15.0 Å². The summed E-state index contributed by atoms with van der Waals surface area (Å²) in [7, 11) is -4.74. The van der Waals surface area contributed by atoms with E-state index in [-0.39, 0.29) is 13.0 Å². The summed E-state index contributed by atoms with van der Waals surface area (Å²) in [4.78, 5) is 12.9. The molecule has 0 bridgehead atoms. The summed E-state index contributed by atoms with van der Waals surface area (Å²) in [5.41, 5.74) is 0.700. The van der Waals surface area contributed by atoms with Crippen LogP contribution in [0.25, 0.3) is 0 Å². The van der Waals surface area contributed by atoms with E-state index >= 15 is 0 Å². The second kappa shape index (κ2) is 4.90. The maximum Gasteiger partial charge on any atom is 0.307 e. The maximum absolute atomic E-state index is 12.9. The predicted molar refractivity (Wildman–Crippen MR) is 69.6 cm³/mol. The van der Waals surface area contributed by atoms with Gasteiger partial charge in [0, 0.05) is 23.1 Å². The van der Waals surface area contributed by atoms with Gasteiger partial charge in [-0.15, -0.1) is 3.89 Å². The number of benzene rings is 1. The normalized spacial score (nSPS) is 19.5. The molecule has 0 aliphatic carbocycles. The van der Waals surface area contributed by atoms with Gasteiger partial charge in [0.25, 0.3) is 0 Å². The first kappa shape index (κ1) is 14.0. The molecule has 19 heavy (non-hydrogen) atoms. The van der Waals surface area contributed by atoms with Gasteiger partial charge in [0.2, 0.25) is 5.91 Å². The van der Waals surface area contributed by atoms with E-state index in [4.69, 9.17) is 5.26 Å². The Hall–Kier alpha value is -1.46. The van der Waals surface area contributed by atoms with Gasteiger partial charge in [-0.05, 0) is 18.2 Å². The van der Waals surface area contributed by atoms with Crippen molar-refractivity contribution in [2.75, 3.05) is 11.4 Å². The van der Waals surface area contributed by atoms with Crippen molar-refractivity contribution < 1.29 is 17.1 Å². The molecule has 1 unspecified atom stereocenters. The highest BCUT2D eigenvalue weighted by atomic mass is 79.9. The molecule has 0 radical (unpaired) electrons. The summed E-state index contributed by atoms with van der Waals surface area (Å²) in [5.74, 6) is -0.479. The van der Waals surface area contributed by atoms with Crippen LogP contribution in [0.2, 0.25) is 0 Å². The van der Waals surface area contributed by atoms with Crippen LogP contribution >= 0.6 is 15.9 Å². The Morgan fingerprint density at radius 2 is 2.11 bits per heavy atom. The summed E-state index contributed by atoms with van der Waals surface area (Å²) >= 11 is 3.19. The van der Waals surface area contributed by atoms with E-state index in [2.05, 4.69) is 15.9 Å². The Bertz CT molecular complexity index is 684. The highest BCUT2D eigenvalue weighted by Gasteiger charge is 2.39. The number of nitriles is 1. The zero-order chi connectivity index (χ0) is 14.2. The topological polar surface area (TPSA) is 78.2 Å². The molecule has 0 saturated carbocycles. The fourth-order valence-corrected chi connectivity index (χ4v) is 3.06. The number of halogens is 2. The quantitative estimate of drug-likeness (QED) is 0.764. The third-order valence-corrected chi connectivity index (χ3v) is 4.38. The van der Waals surface area contributed by atoms with E-state index in [1.807, 2.05) is 6.07 Å². The van der Waals surface area contributed by atoms with E-state index in [1.165, 1.54) is 11.0 Å². The molecule has 100 valence electrons. The molecule has 5 nitrogen and oxygen atoms in total. The van der Waals surface area contributed by atoms with Crippen LogP contribution in [0, 0.1) is 11.3 Å². The van der Waals surface area contributed by atoms with Gasteiger partial charge >= 0.3 is 10.2 Å². The SMILES string of the molecule is N#Cc1cc(Br)cc(N2CC(S(=O)(=O)F)CC2=O)c1. The second-order valence-electron chi connectivity index (χ2n) is 4.12. The van der Waals surface area contributed by atoms with E-state index in [1.54, 1.807) is 12.1 Å². The van der Waals surface area contributed by atoms with E-state index in [0.29, 0.717) is 15.7 Å². The minimum absolute atomic E-state index is 0.237. The predicted octanol–water partition coefficient (Wildman–Crippen LogP) is 1.73. The third kappa shape index (κ3) is 2.93. The second-order valence-corrected chi connectivity index (χ2v) is 6.65. The summed E-state index contributed by atoms with van der Waals surface area (Å²) in [6.45, 7) is -0.237.